The average Bonchev–Trinajstić information content (AvgIpc) is 2.29. The average molecular weight is 223 g/mol. The summed E-state index contributed by atoms with van der Waals surface area (Å²) >= 11 is 0. The molecule has 0 spiro atoms. The van der Waals surface area contributed by atoms with Gasteiger partial charge in [-0.25, -0.2) is 0 Å². The Morgan fingerprint density at radius 1 is 1.38 bits per heavy atom. The molecule has 1 atom stereocenters. The predicted octanol–water partition coefficient (Wildman–Crippen LogP) is 1.31. The van der Waals surface area contributed by atoms with Gasteiger partial charge in [0.1, 0.15) is 5.75 Å². The lowest BCUT2D eigenvalue weighted by Crippen LogP contribution is -2.38. The summed E-state index contributed by atoms with van der Waals surface area (Å²) in [5, 5.41) is 2.74. The van der Waals surface area contributed by atoms with Crippen molar-refractivity contribution in [2.75, 3.05) is 19.5 Å². The van der Waals surface area contributed by atoms with Crippen LogP contribution < -0.4 is 14.8 Å². The molecule has 1 aromatic carbocycles. The van der Waals surface area contributed by atoms with E-state index >= 15 is 0 Å². The number of amides is 1. The van der Waals surface area contributed by atoms with Gasteiger partial charge in [-0.05, 0) is 18.6 Å². The number of nitrogens with one attached hydrogen (secondary N) is 1. The van der Waals surface area contributed by atoms with E-state index in [0.29, 0.717) is 17.2 Å². The van der Waals surface area contributed by atoms with Crippen LogP contribution in [0.5, 0.6) is 11.5 Å². The Morgan fingerprint density at radius 3 is 2.75 bits per heavy atom. The Morgan fingerprint density at radius 2 is 2.12 bits per heavy atom. The number of hydrogen-bond donors (Lipinski definition) is 1. The molecule has 1 unspecified atom stereocenters. The van der Waals surface area contributed by atoms with Crippen LogP contribution in [-0.4, -0.2) is 26.4 Å². The molecule has 0 bridgehead atoms. The van der Waals surface area contributed by atoms with Crippen LogP contribution in [0.2, 0.25) is 0 Å². The highest BCUT2D eigenvalue weighted by Gasteiger charge is 2.28. The van der Waals surface area contributed by atoms with E-state index in [1.807, 2.05) is 13.0 Å². The first-order valence-electron chi connectivity index (χ1n) is 4.84. The molecule has 1 N–H and O–H groups in total. The first-order valence-corrected chi connectivity index (χ1v) is 4.84. The summed E-state index contributed by atoms with van der Waals surface area (Å²) in [7, 11) is 3.00. The van der Waals surface area contributed by atoms with Crippen LogP contribution in [-0.2, 0) is 9.53 Å². The molecular weight excluding hydrogens is 210 g/mol. The molecule has 1 aromatic rings. The Hall–Kier alpha value is -1.75. The summed E-state index contributed by atoms with van der Waals surface area (Å²) in [6.45, 7) is 1.87. The van der Waals surface area contributed by atoms with Crippen LogP contribution in [0.4, 0.5) is 5.69 Å². The number of benzene rings is 1. The molecule has 1 heterocycles. The summed E-state index contributed by atoms with van der Waals surface area (Å²) in [5.41, 5.74) is 1.55. The summed E-state index contributed by atoms with van der Waals surface area (Å²) in [6, 6.07) is 3.55. The minimum absolute atomic E-state index is 0.303. The molecule has 5 heteroatoms. The van der Waals surface area contributed by atoms with Crippen LogP contribution in [0.25, 0.3) is 0 Å². The monoisotopic (exact) mass is 223 g/mol. The lowest BCUT2D eigenvalue weighted by molar-refractivity contribution is -0.143. The van der Waals surface area contributed by atoms with E-state index in [9.17, 15) is 4.79 Å². The smallest absolute Gasteiger partial charge is 0.294 e. The number of ether oxygens (including phenoxy) is 3. The zero-order chi connectivity index (χ0) is 11.7. The molecule has 0 aliphatic carbocycles. The number of methoxy groups -OCH3 is 2. The topological polar surface area (TPSA) is 56.8 Å². The van der Waals surface area contributed by atoms with Crippen molar-refractivity contribution in [2.45, 2.75) is 13.2 Å². The van der Waals surface area contributed by atoms with Crippen molar-refractivity contribution < 1.29 is 19.0 Å². The van der Waals surface area contributed by atoms with E-state index in [1.54, 1.807) is 13.2 Å². The SMILES string of the molecule is COc1cc(C)c2c(c1)OC(OC)C(=O)N2. The van der Waals surface area contributed by atoms with Gasteiger partial charge >= 0.3 is 0 Å². The standard InChI is InChI=1S/C11H13NO4/c1-6-4-7(14-2)5-8-9(6)12-10(13)11(15-3)16-8/h4-5,11H,1-3H3,(H,12,13). The van der Waals surface area contributed by atoms with Crippen molar-refractivity contribution in [1.29, 1.82) is 0 Å². The van der Waals surface area contributed by atoms with Crippen LogP contribution in [0, 0.1) is 6.92 Å². The molecule has 5 nitrogen and oxygen atoms in total. The Labute approximate surface area is 93.3 Å². The highest BCUT2D eigenvalue weighted by atomic mass is 16.7. The minimum atomic E-state index is -0.904. The minimum Gasteiger partial charge on any atom is -0.497 e. The van der Waals surface area contributed by atoms with E-state index < -0.39 is 6.29 Å². The maximum Gasteiger partial charge on any atom is 0.294 e. The zero-order valence-corrected chi connectivity index (χ0v) is 9.37. The molecule has 1 aliphatic heterocycles. The number of aryl methyl sites for hydroxylation is 1. The molecule has 0 radical (unpaired) electrons. The van der Waals surface area contributed by atoms with Gasteiger partial charge in [0.2, 0.25) is 0 Å². The maximum absolute atomic E-state index is 11.5. The van der Waals surface area contributed by atoms with Crippen LogP contribution in [0.3, 0.4) is 0 Å². The number of anilines is 1. The lowest BCUT2D eigenvalue weighted by Gasteiger charge is -2.26. The molecule has 0 saturated heterocycles. The van der Waals surface area contributed by atoms with E-state index in [1.165, 1.54) is 7.11 Å². The summed E-state index contributed by atoms with van der Waals surface area (Å²) in [6.07, 6.45) is -0.904. The fraction of sp³-hybridized carbons (Fsp3) is 0.364. The van der Waals surface area contributed by atoms with Crippen molar-refractivity contribution in [3.63, 3.8) is 0 Å². The third kappa shape index (κ3) is 1.69. The maximum atomic E-state index is 11.5. The van der Waals surface area contributed by atoms with Crippen molar-refractivity contribution >= 4 is 11.6 Å². The highest BCUT2D eigenvalue weighted by molar-refractivity contribution is 5.97. The van der Waals surface area contributed by atoms with Crippen molar-refractivity contribution in [3.05, 3.63) is 17.7 Å². The fourth-order valence-electron chi connectivity index (χ4n) is 1.60. The predicted molar refractivity (Wildman–Crippen MR) is 57.8 cm³/mol. The zero-order valence-electron chi connectivity index (χ0n) is 9.37. The quantitative estimate of drug-likeness (QED) is 0.821. The Bertz CT molecular complexity index is 430. The Kier molecular flexibility index (Phi) is 2.70. The Balaban J connectivity index is 2.43. The fourth-order valence-corrected chi connectivity index (χ4v) is 1.60. The second-order valence-electron chi connectivity index (χ2n) is 3.49. The van der Waals surface area contributed by atoms with E-state index in [0.717, 1.165) is 5.56 Å². The molecule has 0 fully saturated rings. The molecule has 1 aliphatic rings. The van der Waals surface area contributed by atoms with Crippen molar-refractivity contribution in [3.8, 4) is 11.5 Å². The molecule has 1 amide bonds. The second kappa shape index (κ2) is 4.02. The normalized spacial score (nSPS) is 18.4. The molecule has 0 saturated carbocycles. The molecule has 2 rings (SSSR count). The highest BCUT2D eigenvalue weighted by Crippen LogP contribution is 2.36. The van der Waals surface area contributed by atoms with Crippen LogP contribution in [0.15, 0.2) is 12.1 Å². The van der Waals surface area contributed by atoms with Crippen molar-refractivity contribution in [2.24, 2.45) is 0 Å². The van der Waals surface area contributed by atoms with Gasteiger partial charge < -0.3 is 19.5 Å². The summed E-state index contributed by atoms with van der Waals surface area (Å²) in [5.74, 6) is 0.939. The number of carbonyl (C=O) groups excluding carboxylic acids is 1. The summed E-state index contributed by atoms with van der Waals surface area (Å²) < 4.78 is 15.4. The van der Waals surface area contributed by atoms with E-state index in [-0.39, 0.29) is 5.91 Å². The van der Waals surface area contributed by atoms with Crippen LogP contribution >= 0.6 is 0 Å². The third-order valence-corrected chi connectivity index (χ3v) is 2.42. The second-order valence-corrected chi connectivity index (χ2v) is 3.49. The summed E-state index contributed by atoms with van der Waals surface area (Å²) in [4.78, 5) is 11.5. The molecule has 16 heavy (non-hydrogen) atoms. The van der Waals surface area contributed by atoms with Gasteiger partial charge in [-0.2, -0.15) is 0 Å². The van der Waals surface area contributed by atoms with Gasteiger partial charge in [0, 0.05) is 13.2 Å². The third-order valence-electron chi connectivity index (χ3n) is 2.42. The van der Waals surface area contributed by atoms with Gasteiger partial charge in [0.05, 0.1) is 12.8 Å². The molecule has 86 valence electrons. The first kappa shape index (κ1) is 10.8. The number of fused-ring (bicyclic) bond motifs is 1. The van der Waals surface area contributed by atoms with Gasteiger partial charge in [0.15, 0.2) is 5.75 Å². The number of rotatable bonds is 2. The van der Waals surface area contributed by atoms with Gasteiger partial charge in [0.25, 0.3) is 12.2 Å². The van der Waals surface area contributed by atoms with Crippen LogP contribution in [0.1, 0.15) is 5.56 Å². The van der Waals surface area contributed by atoms with E-state index in [2.05, 4.69) is 5.32 Å². The molecule has 0 aromatic heterocycles. The van der Waals surface area contributed by atoms with Gasteiger partial charge in [-0.3, -0.25) is 4.79 Å². The van der Waals surface area contributed by atoms with Gasteiger partial charge in [-0.15, -0.1) is 0 Å². The number of carbonyl (C=O) groups is 1. The van der Waals surface area contributed by atoms with Crippen molar-refractivity contribution in [1.82, 2.24) is 0 Å². The first-order chi connectivity index (χ1) is 7.65. The molecular formula is C11H13NO4. The number of hydrogen-bond acceptors (Lipinski definition) is 4. The lowest BCUT2D eigenvalue weighted by atomic mass is 10.1. The van der Waals surface area contributed by atoms with E-state index in [4.69, 9.17) is 14.2 Å². The van der Waals surface area contributed by atoms with Gasteiger partial charge in [-0.1, -0.05) is 0 Å². The largest absolute Gasteiger partial charge is 0.497 e.